The largest absolute Gasteiger partial charge is 0.495 e. The standard InChI is InChI=1S/C23H23N3O6S/c1-16-11-13-18(14-12-16)33(30,31)25(21-8-4-5-10-22(21)32-3)15-23(27)24-19-7-6-9-20(17(19)2)26(28)29/h4-14H,15H2,1-3H3,(H,24,27). The van der Waals surface area contributed by atoms with Gasteiger partial charge in [-0.3, -0.25) is 19.2 Å². The van der Waals surface area contributed by atoms with E-state index < -0.39 is 27.4 Å². The smallest absolute Gasteiger partial charge is 0.274 e. The van der Waals surface area contributed by atoms with Crippen molar-refractivity contribution in [3.05, 3.63) is 88.0 Å². The van der Waals surface area contributed by atoms with Gasteiger partial charge in [-0.2, -0.15) is 0 Å². The lowest BCUT2D eigenvalue weighted by Gasteiger charge is -2.25. The lowest BCUT2D eigenvalue weighted by atomic mass is 10.1. The number of aryl methyl sites for hydroxylation is 1. The molecule has 10 heteroatoms. The van der Waals surface area contributed by atoms with E-state index in [1.54, 1.807) is 30.3 Å². The van der Waals surface area contributed by atoms with Crippen molar-refractivity contribution in [2.24, 2.45) is 0 Å². The predicted molar refractivity (Wildman–Crippen MR) is 125 cm³/mol. The van der Waals surface area contributed by atoms with Gasteiger partial charge in [0.2, 0.25) is 5.91 Å². The molecule has 0 heterocycles. The van der Waals surface area contributed by atoms with Crippen molar-refractivity contribution in [3.8, 4) is 5.75 Å². The highest BCUT2D eigenvalue weighted by molar-refractivity contribution is 7.92. The number of para-hydroxylation sites is 2. The maximum atomic E-state index is 13.5. The van der Waals surface area contributed by atoms with Crippen molar-refractivity contribution >= 4 is 33.0 Å². The summed E-state index contributed by atoms with van der Waals surface area (Å²) in [6.07, 6.45) is 0. The van der Waals surface area contributed by atoms with Crippen LogP contribution in [0.5, 0.6) is 5.75 Å². The van der Waals surface area contributed by atoms with Gasteiger partial charge in [0.05, 0.1) is 33.9 Å². The van der Waals surface area contributed by atoms with Crippen LogP contribution in [0.3, 0.4) is 0 Å². The minimum atomic E-state index is -4.14. The first-order chi connectivity index (χ1) is 15.6. The van der Waals surface area contributed by atoms with Crippen LogP contribution < -0.4 is 14.4 Å². The third-order valence-electron chi connectivity index (χ3n) is 5.03. The van der Waals surface area contributed by atoms with Crippen LogP contribution in [0.2, 0.25) is 0 Å². The highest BCUT2D eigenvalue weighted by atomic mass is 32.2. The number of nitrogens with one attached hydrogen (secondary N) is 1. The van der Waals surface area contributed by atoms with E-state index >= 15 is 0 Å². The summed E-state index contributed by atoms with van der Waals surface area (Å²) in [5, 5.41) is 13.8. The summed E-state index contributed by atoms with van der Waals surface area (Å²) in [4.78, 5) is 23.6. The Hall–Kier alpha value is -3.92. The highest BCUT2D eigenvalue weighted by Gasteiger charge is 2.29. The van der Waals surface area contributed by atoms with Crippen molar-refractivity contribution in [1.29, 1.82) is 0 Å². The van der Waals surface area contributed by atoms with Crippen LogP contribution in [0.4, 0.5) is 17.1 Å². The van der Waals surface area contributed by atoms with Crippen LogP contribution in [-0.4, -0.2) is 32.9 Å². The van der Waals surface area contributed by atoms with Gasteiger partial charge in [0.15, 0.2) is 0 Å². The molecular formula is C23H23N3O6S. The Labute approximate surface area is 191 Å². The van der Waals surface area contributed by atoms with Gasteiger partial charge >= 0.3 is 0 Å². The number of hydrogen-bond donors (Lipinski definition) is 1. The summed E-state index contributed by atoms with van der Waals surface area (Å²) in [6, 6.07) is 17.0. The number of amides is 1. The Bertz CT molecular complexity index is 1290. The van der Waals surface area contributed by atoms with Crippen molar-refractivity contribution < 1.29 is 22.9 Å². The summed E-state index contributed by atoms with van der Waals surface area (Å²) < 4.78 is 33.3. The molecule has 0 saturated carbocycles. The number of carbonyl (C=O) groups is 1. The third kappa shape index (κ3) is 5.12. The topological polar surface area (TPSA) is 119 Å². The van der Waals surface area contributed by atoms with Crippen LogP contribution in [0, 0.1) is 24.0 Å². The number of methoxy groups -OCH3 is 1. The minimum absolute atomic E-state index is 0.0123. The maximum Gasteiger partial charge on any atom is 0.274 e. The molecule has 9 nitrogen and oxygen atoms in total. The van der Waals surface area contributed by atoms with Gasteiger partial charge < -0.3 is 10.1 Å². The zero-order valence-corrected chi connectivity index (χ0v) is 19.1. The van der Waals surface area contributed by atoms with Gasteiger partial charge in [-0.25, -0.2) is 8.42 Å². The molecule has 0 unspecified atom stereocenters. The third-order valence-corrected chi connectivity index (χ3v) is 6.80. The maximum absolute atomic E-state index is 13.5. The molecule has 3 aromatic rings. The van der Waals surface area contributed by atoms with Gasteiger partial charge in [-0.05, 0) is 44.2 Å². The Balaban J connectivity index is 2.00. The molecule has 0 aliphatic heterocycles. The van der Waals surface area contributed by atoms with Gasteiger partial charge in [0.25, 0.3) is 15.7 Å². The molecule has 0 aromatic heterocycles. The lowest BCUT2D eigenvalue weighted by Crippen LogP contribution is -2.38. The molecule has 33 heavy (non-hydrogen) atoms. The molecular weight excluding hydrogens is 446 g/mol. The monoisotopic (exact) mass is 469 g/mol. The Morgan fingerprint density at radius 1 is 1.03 bits per heavy atom. The lowest BCUT2D eigenvalue weighted by molar-refractivity contribution is -0.385. The number of rotatable bonds is 8. The van der Waals surface area contributed by atoms with E-state index in [4.69, 9.17) is 4.74 Å². The SMILES string of the molecule is COc1ccccc1N(CC(=O)Nc1cccc([N+](=O)[O-])c1C)S(=O)(=O)c1ccc(C)cc1. The number of nitro groups is 1. The van der Waals surface area contributed by atoms with E-state index in [-0.39, 0.29) is 33.3 Å². The first kappa shape index (κ1) is 23.7. The van der Waals surface area contributed by atoms with E-state index in [9.17, 15) is 23.3 Å². The van der Waals surface area contributed by atoms with Crippen molar-refractivity contribution in [3.63, 3.8) is 0 Å². The molecule has 0 atom stereocenters. The average Bonchev–Trinajstić information content (AvgIpc) is 2.79. The normalized spacial score (nSPS) is 11.0. The Morgan fingerprint density at radius 3 is 2.33 bits per heavy atom. The molecule has 0 saturated heterocycles. The number of carbonyl (C=O) groups excluding carboxylic acids is 1. The molecule has 0 fully saturated rings. The second kappa shape index (κ2) is 9.70. The zero-order chi connectivity index (χ0) is 24.2. The van der Waals surface area contributed by atoms with Crippen LogP contribution in [-0.2, 0) is 14.8 Å². The average molecular weight is 470 g/mol. The fourth-order valence-corrected chi connectivity index (χ4v) is 4.68. The first-order valence-electron chi connectivity index (χ1n) is 9.91. The number of anilines is 2. The molecule has 0 aliphatic rings. The number of nitro benzene ring substituents is 1. The van der Waals surface area contributed by atoms with Gasteiger partial charge in [-0.15, -0.1) is 0 Å². The van der Waals surface area contributed by atoms with Crippen LogP contribution in [0.1, 0.15) is 11.1 Å². The van der Waals surface area contributed by atoms with Crippen LogP contribution in [0.25, 0.3) is 0 Å². The van der Waals surface area contributed by atoms with Crippen molar-refractivity contribution in [2.45, 2.75) is 18.7 Å². The second-order valence-corrected chi connectivity index (χ2v) is 9.11. The number of sulfonamides is 1. The summed E-state index contributed by atoms with van der Waals surface area (Å²) in [6.45, 7) is 2.77. The Morgan fingerprint density at radius 2 is 1.70 bits per heavy atom. The molecule has 172 valence electrons. The second-order valence-electron chi connectivity index (χ2n) is 7.25. The quantitative estimate of drug-likeness (QED) is 0.393. The van der Waals surface area contributed by atoms with Crippen molar-refractivity contribution in [2.75, 3.05) is 23.3 Å². The number of hydrogen-bond acceptors (Lipinski definition) is 6. The molecule has 1 N–H and O–H groups in total. The van der Waals surface area contributed by atoms with E-state index in [2.05, 4.69) is 5.32 Å². The van der Waals surface area contributed by atoms with Crippen LogP contribution in [0.15, 0.2) is 71.6 Å². The fraction of sp³-hybridized carbons (Fsp3) is 0.174. The predicted octanol–water partition coefficient (Wildman–Crippen LogP) is 4.05. The molecule has 0 spiro atoms. The van der Waals surface area contributed by atoms with Crippen LogP contribution >= 0.6 is 0 Å². The minimum Gasteiger partial charge on any atom is -0.495 e. The van der Waals surface area contributed by atoms with Crippen molar-refractivity contribution in [1.82, 2.24) is 0 Å². The number of ether oxygens (including phenoxy) is 1. The fourth-order valence-electron chi connectivity index (χ4n) is 3.25. The van der Waals surface area contributed by atoms with E-state index in [1.165, 1.54) is 50.4 Å². The molecule has 0 radical (unpaired) electrons. The van der Waals surface area contributed by atoms with E-state index in [0.717, 1.165) is 9.87 Å². The van der Waals surface area contributed by atoms with Gasteiger partial charge in [0.1, 0.15) is 12.3 Å². The zero-order valence-electron chi connectivity index (χ0n) is 18.3. The molecule has 3 rings (SSSR count). The number of benzene rings is 3. The first-order valence-corrected chi connectivity index (χ1v) is 11.4. The highest BCUT2D eigenvalue weighted by Crippen LogP contribution is 2.32. The van der Waals surface area contributed by atoms with E-state index in [0.29, 0.717) is 0 Å². The molecule has 1 amide bonds. The number of nitrogens with zero attached hydrogens (tertiary/aromatic N) is 2. The summed E-state index contributed by atoms with van der Waals surface area (Å²) in [5.74, 6) is -0.396. The molecule has 3 aromatic carbocycles. The van der Waals surface area contributed by atoms with Gasteiger partial charge in [0, 0.05) is 6.07 Å². The van der Waals surface area contributed by atoms with E-state index in [1.807, 2.05) is 6.92 Å². The summed E-state index contributed by atoms with van der Waals surface area (Å²) in [5.41, 5.74) is 1.41. The summed E-state index contributed by atoms with van der Waals surface area (Å²) in [7, 11) is -2.73. The summed E-state index contributed by atoms with van der Waals surface area (Å²) >= 11 is 0. The Kier molecular flexibility index (Phi) is 6.98. The van der Waals surface area contributed by atoms with Gasteiger partial charge in [-0.1, -0.05) is 35.9 Å². The molecule has 0 aliphatic carbocycles. The molecule has 0 bridgehead atoms.